The number of aromatic nitrogens is 6. The van der Waals surface area contributed by atoms with Gasteiger partial charge in [0, 0.05) is 76.8 Å². The average molecular weight is 1500 g/mol. The number of nitrogens with zero attached hydrogens (tertiary/aromatic N) is 6. The van der Waals surface area contributed by atoms with Crippen molar-refractivity contribution in [3.8, 4) is 168 Å². The number of hydrogen-bond acceptors (Lipinski definition) is 6. The lowest BCUT2D eigenvalue weighted by atomic mass is 9.92. The second-order valence-electron chi connectivity index (χ2n) is 29.6. The van der Waals surface area contributed by atoms with E-state index in [9.17, 15) is 0 Å². The number of benzene rings is 17. The van der Waals surface area contributed by atoms with Crippen LogP contribution in [0.5, 0.6) is 0 Å². The van der Waals surface area contributed by atoms with Crippen molar-refractivity contribution in [2.24, 2.45) is 0 Å². The van der Waals surface area contributed by atoms with Crippen molar-refractivity contribution >= 4 is 43.4 Å². The van der Waals surface area contributed by atoms with Gasteiger partial charge in [-0.1, -0.05) is 406 Å². The molecule has 0 aliphatic heterocycles. The van der Waals surface area contributed by atoms with Crippen LogP contribution in [-0.2, 0) is 0 Å². The van der Waals surface area contributed by atoms with E-state index < -0.39 is 0 Å². The number of fused-ring (bicyclic) bond motifs is 6. The molecule has 0 saturated carbocycles. The van der Waals surface area contributed by atoms with Gasteiger partial charge in [-0.15, -0.1) is 0 Å². The highest BCUT2D eigenvalue weighted by Gasteiger charge is 2.20. The molecule has 4 aromatic heterocycles. The van der Waals surface area contributed by atoms with E-state index in [-0.39, 0.29) is 0 Å². The fourth-order valence-electron chi connectivity index (χ4n) is 16.2. The van der Waals surface area contributed by atoms with Crippen molar-refractivity contribution < 1.29 is 0 Å². The average Bonchev–Trinajstić information content (AvgIpc) is 0.748. The third kappa shape index (κ3) is 14.6. The van der Waals surface area contributed by atoms with Crippen LogP contribution in [0.4, 0.5) is 0 Å². The summed E-state index contributed by atoms with van der Waals surface area (Å²) in [6.45, 7) is 0. The van der Waals surface area contributed by atoms with Crippen molar-refractivity contribution in [2.75, 3.05) is 0 Å². The highest BCUT2D eigenvalue weighted by molar-refractivity contribution is 6.18. The molecule has 0 amide bonds. The van der Waals surface area contributed by atoms with Crippen LogP contribution in [-0.4, -0.2) is 29.9 Å². The first-order chi connectivity index (χ1) is 58.5. The molecule has 0 saturated heterocycles. The highest BCUT2D eigenvalue weighted by atomic mass is 14.9. The molecule has 0 N–H and O–H groups in total. The van der Waals surface area contributed by atoms with E-state index in [0.29, 0.717) is 11.6 Å². The zero-order valence-electron chi connectivity index (χ0n) is 64.4. The van der Waals surface area contributed by atoms with Crippen LogP contribution in [0, 0.1) is 0 Å². The second kappa shape index (κ2) is 32.0. The summed E-state index contributed by atoms with van der Waals surface area (Å²) in [5, 5.41) is 7.05. The van der Waals surface area contributed by atoms with E-state index in [1.807, 2.05) is 30.3 Å². The van der Waals surface area contributed by atoms with Gasteiger partial charge in [0.1, 0.15) is 0 Å². The Labute approximate surface area is 685 Å². The van der Waals surface area contributed by atoms with E-state index >= 15 is 0 Å². The molecule has 4 heterocycles. The summed E-state index contributed by atoms with van der Waals surface area (Å²) in [5.41, 5.74) is 32.1. The molecule has 0 aliphatic carbocycles. The zero-order valence-corrected chi connectivity index (χ0v) is 64.4. The monoisotopic (exact) mass is 1500 g/mol. The summed E-state index contributed by atoms with van der Waals surface area (Å²) >= 11 is 0. The van der Waals surface area contributed by atoms with Crippen LogP contribution in [0.1, 0.15) is 0 Å². The normalized spacial score (nSPS) is 11.2. The van der Waals surface area contributed by atoms with Gasteiger partial charge in [0.2, 0.25) is 0 Å². The van der Waals surface area contributed by atoms with Gasteiger partial charge in [-0.3, -0.25) is 0 Å². The minimum Gasteiger partial charge on any atom is -0.247 e. The molecule has 21 aromatic rings. The Hall–Kier alpha value is -15.8. The Morgan fingerprint density at radius 1 is 0.127 bits per heavy atom. The Kier molecular flexibility index (Phi) is 19.3. The van der Waals surface area contributed by atoms with Gasteiger partial charge < -0.3 is 0 Å². The summed E-state index contributed by atoms with van der Waals surface area (Å²) in [4.78, 5) is 30.9. The van der Waals surface area contributed by atoms with Crippen molar-refractivity contribution in [3.05, 3.63) is 449 Å². The van der Waals surface area contributed by atoms with Crippen LogP contribution < -0.4 is 0 Å². The Bertz CT molecular complexity index is 7110. The summed E-state index contributed by atoms with van der Waals surface area (Å²) in [5.74, 6) is 1.39. The lowest BCUT2D eigenvalue weighted by Gasteiger charge is -2.14. The number of para-hydroxylation sites is 2. The van der Waals surface area contributed by atoms with Crippen LogP contribution in [0.15, 0.2) is 449 Å². The maximum Gasteiger partial charge on any atom is 0.160 e. The van der Waals surface area contributed by atoms with Crippen molar-refractivity contribution in [3.63, 3.8) is 0 Å². The van der Waals surface area contributed by atoms with E-state index in [0.717, 1.165) is 161 Å². The SMILES string of the molecule is c1ccc(-c2cccc(-c3cc(-c4ccc(-c5ccc(-c6cccc7c(-c8ccccc8)nc8ccccc8c67)cc5)cc4)nc(-c4cccc(-c5ccccc5)c4)n3)c2)cc1.c1ccc(-c2cccc(-c3nc(-c4ccccc4)cc(-c4ccc(-c5ccc(-c6cccc7c(-c8ccccc8)nc8ccccc8c67)cc5)cc4)n3)c2)cc1. The molecule has 6 nitrogen and oxygen atoms in total. The van der Waals surface area contributed by atoms with Crippen LogP contribution in [0.2, 0.25) is 0 Å². The lowest BCUT2D eigenvalue weighted by molar-refractivity contribution is 1.18. The van der Waals surface area contributed by atoms with E-state index in [1.54, 1.807) is 0 Å². The molecule has 0 radical (unpaired) electrons. The molecule has 0 fully saturated rings. The maximum atomic E-state index is 5.22. The maximum absolute atomic E-state index is 5.22. The Balaban J connectivity index is 0.000000152. The fraction of sp³-hybridized carbons (Fsp3) is 0. The number of hydrogen-bond donors (Lipinski definition) is 0. The third-order valence-electron chi connectivity index (χ3n) is 22.2. The highest BCUT2D eigenvalue weighted by Crippen LogP contribution is 2.43. The topological polar surface area (TPSA) is 77.3 Å². The molecule has 0 atom stereocenters. The van der Waals surface area contributed by atoms with Crippen molar-refractivity contribution in [1.29, 1.82) is 0 Å². The van der Waals surface area contributed by atoms with Gasteiger partial charge in [0.05, 0.1) is 45.2 Å². The summed E-state index contributed by atoms with van der Waals surface area (Å²) < 4.78 is 0. The molecule has 552 valence electrons. The number of rotatable bonds is 15. The van der Waals surface area contributed by atoms with Gasteiger partial charge in [-0.05, 0) is 120 Å². The van der Waals surface area contributed by atoms with E-state index in [2.05, 4.69) is 419 Å². The first kappa shape index (κ1) is 71.3. The molecule has 0 bridgehead atoms. The first-order valence-corrected chi connectivity index (χ1v) is 39.9. The predicted molar refractivity (Wildman–Crippen MR) is 491 cm³/mol. The molecule has 0 unspecified atom stereocenters. The van der Waals surface area contributed by atoms with Gasteiger partial charge in [0.15, 0.2) is 11.6 Å². The van der Waals surface area contributed by atoms with E-state index in [4.69, 9.17) is 29.9 Å². The second-order valence-corrected chi connectivity index (χ2v) is 29.6. The molecule has 118 heavy (non-hydrogen) atoms. The predicted octanol–water partition coefficient (Wildman–Crippen LogP) is 29.4. The third-order valence-corrected chi connectivity index (χ3v) is 22.2. The molecular formula is C112H74N6. The van der Waals surface area contributed by atoms with Crippen LogP contribution in [0.3, 0.4) is 0 Å². The van der Waals surface area contributed by atoms with Crippen molar-refractivity contribution in [2.45, 2.75) is 0 Å². The van der Waals surface area contributed by atoms with E-state index in [1.165, 1.54) is 38.6 Å². The first-order valence-electron chi connectivity index (χ1n) is 39.9. The van der Waals surface area contributed by atoms with Gasteiger partial charge in [-0.25, -0.2) is 29.9 Å². The standard InChI is InChI=1S/C59H39N3.C53H35N3/c1-4-15-40(16-5-1)47-21-12-23-49(37-47)56-39-55(61-59(62-56)50-24-13-22-48(38-50)41-17-6-2-7-18-41)45-35-31-43(32-36-45)42-29-33-44(34-30-42)51-26-14-27-53-57(51)52-25-10-11-28-54(52)60-58(53)46-19-8-3-9-20-46;1-4-14-36(15-5-1)43-20-12-21-44(34-43)53-55-49(40-16-6-2-7-17-40)35-50(56-53)41-32-28-38(29-33-41)37-26-30-39(31-27-37)45-23-13-24-47-51(45)46-22-10-11-25-48(46)54-52(47)42-18-8-3-9-19-42/h1-39H;1-35H. The molecule has 6 heteroatoms. The molecule has 0 aliphatic rings. The molecule has 0 spiro atoms. The minimum absolute atomic E-state index is 0.688. The van der Waals surface area contributed by atoms with Gasteiger partial charge in [-0.2, -0.15) is 0 Å². The Morgan fingerprint density at radius 3 is 0.712 bits per heavy atom. The van der Waals surface area contributed by atoms with Gasteiger partial charge >= 0.3 is 0 Å². The van der Waals surface area contributed by atoms with Gasteiger partial charge in [0.25, 0.3) is 0 Å². The lowest BCUT2D eigenvalue weighted by Crippen LogP contribution is -1.96. The summed E-state index contributed by atoms with van der Waals surface area (Å²) in [7, 11) is 0. The quantitative estimate of drug-likeness (QED) is 0.0952. The molecule has 21 rings (SSSR count). The smallest absolute Gasteiger partial charge is 0.160 e. The summed E-state index contributed by atoms with van der Waals surface area (Å²) in [6.07, 6.45) is 0. The van der Waals surface area contributed by atoms with Crippen LogP contribution >= 0.6 is 0 Å². The summed E-state index contributed by atoms with van der Waals surface area (Å²) in [6, 6.07) is 158. The Morgan fingerprint density at radius 2 is 0.356 bits per heavy atom. The fourth-order valence-corrected chi connectivity index (χ4v) is 16.2. The largest absolute Gasteiger partial charge is 0.247 e. The number of pyridine rings is 2. The molecule has 17 aromatic carbocycles. The van der Waals surface area contributed by atoms with Crippen molar-refractivity contribution in [1.82, 2.24) is 29.9 Å². The van der Waals surface area contributed by atoms with Crippen LogP contribution in [0.25, 0.3) is 212 Å². The zero-order chi connectivity index (χ0) is 78.5. The molecular weight excluding hydrogens is 1430 g/mol. The minimum atomic E-state index is 0.688.